The molecule has 0 unspecified atom stereocenters. The first-order valence-corrected chi connectivity index (χ1v) is 11.3. The zero-order chi connectivity index (χ0) is 22.8. The summed E-state index contributed by atoms with van der Waals surface area (Å²) in [6, 6.07) is 17.4. The lowest BCUT2D eigenvalue weighted by atomic mass is 10.1. The normalized spacial score (nSPS) is 14.6. The van der Waals surface area contributed by atoms with Gasteiger partial charge in [0.1, 0.15) is 33.8 Å². The van der Waals surface area contributed by atoms with Gasteiger partial charge in [0.2, 0.25) is 0 Å². The van der Waals surface area contributed by atoms with Gasteiger partial charge in [0.05, 0.1) is 12.0 Å². The fourth-order valence-electron chi connectivity index (χ4n) is 3.45. The summed E-state index contributed by atoms with van der Waals surface area (Å²) in [5.41, 5.74) is 3.49. The SMILES string of the molecule is COc1ccc(COc2cccc(-c3cncc4cc(/C=C5\SC(=S)NC5=O)oc34)c2)cc1. The number of pyridine rings is 1. The predicted molar refractivity (Wildman–Crippen MR) is 133 cm³/mol. The number of hydrogen-bond acceptors (Lipinski definition) is 7. The molecule has 3 heterocycles. The maximum Gasteiger partial charge on any atom is 0.263 e. The first-order valence-electron chi connectivity index (χ1n) is 10.1. The average molecular weight is 475 g/mol. The van der Waals surface area contributed by atoms with E-state index in [4.69, 9.17) is 26.1 Å². The number of furan rings is 1. The van der Waals surface area contributed by atoms with Crippen molar-refractivity contribution in [3.05, 3.63) is 83.2 Å². The summed E-state index contributed by atoms with van der Waals surface area (Å²) < 4.78 is 17.7. The number of ether oxygens (including phenoxy) is 2. The first-order chi connectivity index (χ1) is 16.1. The zero-order valence-corrected chi connectivity index (χ0v) is 19.2. The number of carbonyl (C=O) groups is 1. The van der Waals surface area contributed by atoms with E-state index in [1.807, 2.05) is 54.6 Å². The van der Waals surface area contributed by atoms with Gasteiger partial charge in [0.25, 0.3) is 5.91 Å². The van der Waals surface area contributed by atoms with Crippen molar-refractivity contribution in [2.24, 2.45) is 0 Å². The lowest BCUT2D eigenvalue weighted by molar-refractivity contribution is -0.115. The minimum Gasteiger partial charge on any atom is -0.497 e. The van der Waals surface area contributed by atoms with Crippen LogP contribution in [-0.4, -0.2) is 22.3 Å². The molecule has 0 saturated carbocycles. The molecule has 0 aliphatic carbocycles. The van der Waals surface area contributed by atoms with Crippen molar-refractivity contribution < 1.29 is 18.7 Å². The molecule has 33 heavy (non-hydrogen) atoms. The van der Waals surface area contributed by atoms with E-state index < -0.39 is 0 Å². The Bertz CT molecular complexity index is 1390. The maximum atomic E-state index is 12.0. The molecule has 8 heteroatoms. The molecule has 2 aromatic heterocycles. The Balaban J connectivity index is 1.40. The molecular formula is C25H18N2O4S2. The molecule has 6 nitrogen and oxygen atoms in total. The van der Waals surface area contributed by atoms with Crippen molar-refractivity contribution in [1.29, 1.82) is 0 Å². The number of carbonyl (C=O) groups excluding carboxylic acids is 1. The Morgan fingerprint density at radius 3 is 2.73 bits per heavy atom. The predicted octanol–water partition coefficient (Wildman–Crippen LogP) is 5.57. The zero-order valence-electron chi connectivity index (χ0n) is 17.5. The smallest absolute Gasteiger partial charge is 0.263 e. The second-order valence-electron chi connectivity index (χ2n) is 7.27. The van der Waals surface area contributed by atoms with Gasteiger partial charge < -0.3 is 19.2 Å². The molecule has 164 valence electrons. The van der Waals surface area contributed by atoms with Gasteiger partial charge in [-0.2, -0.15) is 0 Å². The van der Waals surface area contributed by atoms with E-state index in [1.54, 1.807) is 25.6 Å². The molecule has 1 amide bonds. The van der Waals surface area contributed by atoms with Crippen LogP contribution in [0.15, 0.2) is 76.3 Å². The molecule has 0 spiro atoms. The van der Waals surface area contributed by atoms with E-state index in [-0.39, 0.29) is 5.91 Å². The van der Waals surface area contributed by atoms with Crippen molar-refractivity contribution in [3.8, 4) is 22.6 Å². The Labute approximate surface area is 199 Å². The fraction of sp³-hybridized carbons (Fsp3) is 0.0800. The largest absolute Gasteiger partial charge is 0.497 e. The van der Waals surface area contributed by atoms with Gasteiger partial charge >= 0.3 is 0 Å². The monoisotopic (exact) mass is 474 g/mol. The van der Waals surface area contributed by atoms with E-state index in [0.717, 1.165) is 33.6 Å². The summed E-state index contributed by atoms with van der Waals surface area (Å²) in [6.45, 7) is 0.440. The Hall–Kier alpha value is -3.62. The van der Waals surface area contributed by atoms with Gasteiger partial charge in [-0.05, 0) is 41.5 Å². The van der Waals surface area contributed by atoms with Crippen LogP contribution in [0.25, 0.3) is 28.2 Å². The second kappa shape index (κ2) is 9.09. The highest BCUT2D eigenvalue weighted by Gasteiger charge is 2.23. The summed E-state index contributed by atoms with van der Waals surface area (Å²) >= 11 is 6.27. The Kier molecular flexibility index (Phi) is 5.85. The molecule has 1 N–H and O–H groups in total. The van der Waals surface area contributed by atoms with Gasteiger partial charge in [-0.3, -0.25) is 9.78 Å². The van der Waals surface area contributed by atoms with E-state index in [1.165, 1.54) is 11.8 Å². The van der Waals surface area contributed by atoms with E-state index in [9.17, 15) is 4.79 Å². The van der Waals surface area contributed by atoms with E-state index in [0.29, 0.717) is 27.2 Å². The molecule has 0 radical (unpaired) electrons. The van der Waals surface area contributed by atoms with Crippen LogP contribution in [0.5, 0.6) is 11.5 Å². The van der Waals surface area contributed by atoms with Crippen LogP contribution in [0.4, 0.5) is 0 Å². The lowest BCUT2D eigenvalue weighted by Crippen LogP contribution is -2.17. The summed E-state index contributed by atoms with van der Waals surface area (Å²) in [6.07, 6.45) is 5.19. The van der Waals surface area contributed by atoms with Crippen molar-refractivity contribution in [1.82, 2.24) is 10.3 Å². The van der Waals surface area contributed by atoms with E-state index >= 15 is 0 Å². The molecule has 0 atom stereocenters. The highest BCUT2D eigenvalue weighted by atomic mass is 32.2. The number of aromatic nitrogens is 1. The molecule has 5 rings (SSSR count). The molecule has 1 aliphatic heterocycles. The number of amides is 1. The average Bonchev–Trinajstić information content (AvgIpc) is 3.39. The standard InChI is InChI=1S/C25H18N2O4S2/c1-29-18-7-5-15(6-8-18)14-30-19-4-2-3-16(9-19)21-13-26-12-17-10-20(31-23(17)21)11-22-24(28)27-25(32)33-22/h2-13H,14H2,1H3,(H,27,28,32)/b22-11-. The summed E-state index contributed by atoms with van der Waals surface area (Å²) in [5, 5.41) is 3.45. The molecule has 1 aliphatic rings. The summed E-state index contributed by atoms with van der Waals surface area (Å²) in [5.74, 6) is 1.89. The first kappa shape index (κ1) is 21.2. The molecule has 4 aromatic rings. The van der Waals surface area contributed by atoms with Crippen molar-refractivity contribution >= 4 is 51.3 Å². The molecular weight excluding hydrogens is 456 g/mol. The van der Waals surface area contributed by atoms with Crippen LogP contribution in [0.2, 0.25) is 0 Å². The highest BCUT2D eigenvalue weighted by molar-refractivity contribution is 8.26. The van der Waals surface area contributed by atoms with Gasteiger partial charge in [0.15, 0.2) is 0 Å². The van der Waals surface area contributed by atoms with Gasteiger partial charge in [-0.1, -0.05) is 48.2 Å². The minimum absolute atomic E-state index is 0.217. The summed E-state index contributed by atoms with van der Waals surface area (Å²) in [7, 11) is 1.64. The number of thiocarbonyl (C=S) groups is 1. The van der Waals surface area contributed by atoms with Crippen LogP contribution in [0, 0.1) is 0 Å². The number of nitrogens with zero attached hydrogens (tertiary/aromatic N) is 1. The van der Waals surface area contributed by atoms with Crippen LogP contribution < -0.4 is 14.8 Å². The summed E-state index contributed by atoms with van der Waals surface area (Å²) in [4.78, 5) is 16.8. The fourth-order valence-corrected chi connectivity index (χ4v) is 4.48. The van der Waals surface area contributed by atoms with Crippen LogP contribution in [0.3, 0.4) is 0 Å². The molecule has 2 aromatic carbocycles. The second-order valence-corrected chi connectivity index (χ2v) is 8.99. The van der Waals surface area contributed by atoms with E-state index in [2.05, 4.69) is 10.3 Å². The lowest BCUT2D eigenvalue weighted by Gasteiger charge is -2.09. The maximum absolute atomic E-state index is 12.0. The topological polar surface area (TPSA) is 73.6 Å². The minimum atomic E-state index is -0.217. The number of benzene rings is 2. The molecule has 1 saturated heterocycles. The van der Waals surface area contributed by atoms with Crippen molar-refractivity contribution in [2.45, 2.75) is 6.61 Å². The third-order valence-corrected chi connectivity index (χ3v) is 6.23. The van der Waals surface area contributed by atoms with Gasteiger partial charge in [-0.25, -0.2) is 0 Å². The number of nitrogens with one attached hydrogen (secondary N) is 1. The van der Waals surface area contributed by atoms with Crippen LogP contribution in [-0.2, 0) is 11.4 Å². The number of thioether (sulfide) groups is 1. The number of methoxy groups -OCH3 is 1. The third kappa shape index (κ3) is 4.62. The number of fused-ring (bicyclic) bond motifs is 1. The number of rotatable bonds is 6. The third-order valence-electron chi connectivity index (χ3n) is 5.07. The Morgan fingerprint density at radius 2 is 1.97 bits per heavy atom. The molecule has 1 fully saturated rings. The highest BCUT2D eigenvalue weighted by Crippen LogP contribution is 2.34. The van der Waals surface area contributed by atoms with Gasteiger partial charge in [-0.15, -0.1) is 0 Å². The van der Waals surface area contributed by atoms with Crippen LogP contribution in [0.1, 0.15) is 11.3 Å². The Morgan fingerprint density at radius 1 is 1.12 bits per heavy atom. The number of hydrogen-bond donors (Lipinski definition) is 1. The van der Waals surface area contributed by atoms with Crippen molar-refractivity contribution in [2.75, 3.05) is 7.11 Å². The van der Waals surface area contributed by atoms with Gasteiger partial charge in [0, 0.05) is 29.4 Å². The van der Waals surface area contributed by atoms with Crippen molar-refractivity contribution in [3.63, 3.8) is 0 Å². The van der Waals surface area contributed by atoms with Crippen LogP contribution >= 0.6 is 24.0 Å². The molecule has 0 bridgehead atoms. The quantitative estimate of drug-likeness (QED) is 0.289.